The number of hydrogen-bond acceptors (Lipinski definition) is 3. The Balaban J connectivity index is 1.66. The summed E-state index contributed by atoms with van der Waals surface area (Å²) in [5, 5.41) is 0. The molecule has 0 N–H and O–H groups in total. The molecule has 2 aromatic carbocycles. The number of nitrogens with zero attached hydrogens (tertiary/aromatic N) is 1. The van der Waals surface area contributed by atoms with Gasteiger partial charge in [-0.2, -0.15) is 0 Å². The molecule has 0 saturated heterocycles. The average molecular weight is 349 g/mol. The second-order valence-corrected chi connectivity index (χ2v) is 6.98. The molecular formula is C22H23NO3. The lowest BCUT2D eigenvalue weighted by atomic mass is 10.0. The van der Waals surface area contributed by atoms with Gasteiger partial charge in [-0.25, -0.2) is 0 Å². The number of ether oxygens (including phenoxy) is 1. The van der Waals surface area contributed by atoms with Gasteiger partial charge in [0.2, 0.25) is 0 Å². The lowest BCUT2D eigenvalue weighted by Gasteiger charge is -2.10. The molecule has 4 rings (SSSR count). The highest BCUT2D eigenvalue weighted by Gasteiger charge is 2.57. The number of benzene rings is 2. The fraction of sp³-hybridized carbons (Fsp3) is 0.364. The summed E-state index contributed by atoms with van der Waals surface area (Å²) < 4.78 is 5.31. The van der Waals surface area contributed by atoms with Crippen LogP contribution in [0.15, 0.2) is 48.5 Å². The van der Waals surface area contributed by atoms with Crippen LogP contribution in [0.25, 0.3) is 0 Å². The van der Waals surface area contributed by atoms with Crippen molar-refractivity contribution in [3.8, 4) is 0 Å². The lowest BCUT2D eigenvalue weighted by Crippen LogP contribution is -2.22. The Bertz CT molecular complexity index is 846. The number of rotatable bonds is 5. The van der Waals surface area contributed by atoms with E-state index >= 15 is 0 Å². The minimum absolute atomic E-state index is 0.103. The third kappa shape index (κ3) is 2.70. The average Bonchev–Trinajstić information content (AvgIpc) is 3.34. The van der Waals surface area contributed by atoms with E-state index in [4.69, 9.17) is 4.74 Å². The van der Waals surface area contributed by atoms with Crippen molar-refractivity contribution in [2.45, 2.75) is 32.2 Å². The van der Waals surface area contributed by atoms with Gasteiger partial charge in [-0.1, -0.05) is 42.5 Å². The molecule has 0 aromatic heterocycles. The van der Waals surface area contributed by atoms with Gasteiger partial charge in [-0.15, -0.1) is 0 Å². The Kier molecular flexibility index (Phi) is 4.27. The zero-order valence-corrected chi connectivity index (χ0v) is 15.1. The van der Waals surface area contributed by atoms with E-state index < -0.39 is 0 Å². The van der Waals surface area contributed by atoms with Crippen LogP contribution in [0.5, 0.6) is 0 Å². The van der Waals surface area contributed by atoms with Crippen LogP contribution in [-0.4, -0.2) is 29.9 Å². The molecule has 0 radical (unpaired) electrons. The molecule has 1 saturated carbocycles. The standard InChI is InChI=1S/C22H23NO3/c1-3-23-13-16-12-15(10-11-17(16)21(23)24)19-18(14-8-6-5-7-9-14)20(19)22(25)26-4-2/h5-12,18-20H,3-4,13H2,1-2H3/t18-,19-,20-/m1/s1. The molecule has 1 aliphatic carbocycles. The molecule has 1 amide bonds. The predicted molar refractivity (Wildman–Crippen MR) is 98.9 cm³/mol. The Morgan fingerprint density at radius 2 is 1.81 bits per heavy atom. The first-order valence-electron chi connectivity index (χ1n) is 9.29. The number of hydrogen-bond donors (Lipinski definition) is 0. The maximum atomic E-state index is 12.5. The number of carbonyl (C=O) groups is 2. The van der Waals surface area contributed by atoms with Crippen molar-refractivity contribution < 1.29 is 14.3 Å². The first kappa shape index (κ1) is 16.8. The summed E-state index contributed by atoms with van der Waals surface area (Å²) in [6.07, 6.45) is 0. The zero-order chi connectivity index (χ0) is 18.3. The topological polar surface area (TPSA) is 46.6 Å². The molecule has 2 aromatic rings. The lowest BCUT2D eigenvalue weighted by molar-refractivity contribution is -0.144. The summed E-state index contributed by atoms with van der Waals surface area (Å²) in [5.41, 5.74) is 4.15. The Morgan fingerprint density at radius 1 is 1.08 bits per heavy atom. The Hall–Kier alpha value is -2.62. The van der Waals surface area contributed by atoms with Crippen LogP contribution >= 0.6 is 0 Å². The van der Waals surface area contributed by atoms with Gasteiger partial charge in [-0.3, -0.25) is 9.59 Å². The van der Waals surface area contributed by atoms with Crippen molar-refractivity contribution >= 4 is 11.9 Å². The van der Waals surface area contributed by atoms with Crippen LogP contribution < -0.4 is 0 Å². The molecule has 134 valence electrons. The van der Waals surface area contributed by atoms with Gasteiger partial charge >= 0.3 is 5.97 Å². The van der Waals surface area contributed by atoms with Gasteiger partial charge in [-0.05, 0) is 36.6 Å². The van der Waals surface area contributed by atoms with E-state index in [2.05, 4.69) is 18.2 Å². The summed E-state index contributed by atoms with van der Waals surface area (Å²) in [5.74, 6) is 0.0968. The van der Waals surface area contributed by atoms with E-state index in [9.17, 15) is 9.59 Å². The molecule has 1 heterocycles. The van der Waals surface area contributed by atoms with Crippen LogP contribution in [0.3, 0.4) is 0 Å². The second kappa shape index (κ2) is 6.60. The van der Waals surface area contributed by atoms with Crippen LogP contribution in [0.4, 0.5) is 0 Å². The summed E-state index contributed by atoms with van der Waals surface area (Å²) >= 11 is 0. The molecule has 2 aliphatic rings. The molecule has 3 atom stereocenters. The fourth-order valence-corrected chi connectivity index (χ4v) is 4.21. The van der Waals surface area contributed by atoms with E-state index in [0.29, 0.717) is 19.7 Å². The van der Waals surface area contributed by atoms with Crippen molar-refractivity contribution in [3.63, 3.8) is 0 Å². The summed E-state index contributed by atoms with van der Waals surface area (Å²) in [6.45, 7) is 5.60. The largest absolute Gasteiger partial charge is 0.466 e. The maximum Gasteiger partial charge on any atom is 0.310 e. The predicted octanol–water partition coefficient (Wildman–Crippen LogP) is 3.72. The third-order valence-electron chi connectivity index (χ3n) is 5.54. The highest BCUT2D eigenvalue weighted by Crippen LogP contribution is 2.61. The number of esters is 1. The van der Waals surface area contributed by atoms with E-state index in [1.54, 1.807) is 0 Å². The Labute approximate surface area is 153 Å². The minimum atomic E-state index is -0.144. The van der Waals surface area contributed by atoms with Gasteiger partial charge in [0, 0.05) is 30.5 Å². The minimum Gasteiger partial charge on any atom is -0.466 e. The van der Waals surface area contributed by atoms with Crippen molar-refractivity contribution in [1.29, 1.82) is 0 Å². The molecule has 0 unspecified atom stereocenters. The first-order chi connectivity index (χ1) is 12.7. The van der Waals surface area contributed by atoms with E-state index in [-0.39, 0.29) is 29.6 Å². The van der Waals surface area contributed by atoms with Gasteiger partial charge in [0.25, 0.3) is 5.91 Å². The highest BCUT2D eigenvalue weighted by molar-refractivity contribution is 5.98. The van der Waals surface area contributed by atoms with Crippen molar-refractivity contribution in [2.75, 3.05) is 13.2 Å². The molecule has 4 nitrogen and oxygen atoms in total. The quantitative estimate of drug-likeness (QED) is 0.773. The molecule has 26 heavy (non-hydrogen) atoms. The summed E-state index contributed by atoms with van der Waals surface area (Å²) in [4.78, 5) is 26.6. The molecular weight excluding hydrogens is 326 g/mol. The van der Waals surface area contributed by atoms with E-state index in [1.165, 1.54) is 5.56 Å². The molecule has 1 aliphatic heterocycles. The number of amides is 1. The monoisotopic (exact) mass is 349 g/mol. The smallest absolute Gasteiger partial charge is 0.310 e. The SMILES string of the molecule is CCOC(=O)[C@@H]1[C@H](c2ccccc2)[C@H]1c1ccc2c(c1)CN(CC)C2=O. The van der Waals surface area contributed by atoms with Crippen LogP contribution in [-0.2, 0) is 16.1 Å². The van der Waals surface area contributed by atoms with Gasteiger partial charge in [0.1, 0.15) is 0 Å². The number of carbonyl (C=O) groups excluding carboxylic acids is 2. The van der Waals surface area contributed by atoms with E-state index in [0.717, 1.165) is 16.7 Å². The van der Waals surface area contributed by atoms with Crippen molar-refractivity contribution in [3.05, 3.63) is 70.8 Å². The highest BCUT2D eigenvalue weighted by atomic mass is 16.5. The second-order valence-electron chi connectivity index (χ2n) is 6.98. The molecule has 4 heteroatoms. The maximum absolute atomic E-state index is 12.5. The van der Waals surface area contributed by atoms with Crippen LogP contribution in [0, 0.1) is 5.92 Å². The Morgan fingerprint density at radius 3 is 2.50 bits per heavy atom. The van der Waals surface area contributed by atoms with E-state index in [1.807, 2.05) is 49.1 Å². The summed E-state index contributed by atoms with van der Waals surface area (Å²) in [7, 11) is 0. The molecule has 1 fully saturated rings. The van der Waals surface area contributed by atoms with Gasteiger partial charge in [0.05, 0.1) is 12.5 Å². The first-order valence-corrected chi connectivity index (χ1v) is 9.29. The third-order valence-corrected chi connectivity index (χ3v) is 5.54. The normalized spacial score (nSPS) is 23.7. The van der Waals surface area contributed by atoms with Gasteiger partial charge < -0.3 is 9.64 Å². The summed E-state index contributed by atoms with van der Waals surface area (Å²) in [6, 6.07) is 16.2. The van der Waals surface area contributed by atoms with Crippen LogP contribution in [0.2, 0.25) is 0 Å². The molecule has 0 spiro atoms. The molecule has 0 bridgehead atoms. The van der Waals surface area contributed by atoms with Gasteiger partial charge in [0.15, 0.2) is 0 Å². The fourth-order valence-electron chi connectivity index (χ4n) is 4.21. The van der Waals surface area contributed by atoms with Crippen molar-refractivity contribution in [1.82, 2.24) is 4.90 Å². The van der Waals surface area contributed by atoms with Crippen LogP contribution in [0.1, 0.15) is 52.7 Å². The zero-order valence-electron chi connectivity index (χ0n) is 15.1. The number of fused-ring (bicyclic) bond motifs is 1. The van der Waals surface area contributed by atoms with Crippen molar-refractivity contribution in [2.24, 2.45) is 5.92 Å².